The van der Waals surface area contributed by atoms with Gasteiger partial charge in [0.15, 0.2) is 0 Å². The van der Waals surface area contributed by atoms with Crippen LogP contribution in [0.1, 0.15) is 44.9 Å². The number of amides is 2. The lowest BCUT2D eigenvalue weighted by atomic mass is 10.1. The number of halogens is 1. The molecule has 0 saturated heterocycles. The molecule has 14 nitrogen and oxygen atoms in total. The summed E-state index contributed by atoms with van der Waals surface area (Å²) >= 11 is 0. The molecule has 0 bridgehead atoms. The van der Waals surface area contributed by atoms with Crippen LogP contribution in [-0.2, 0) is 23.9 Å². The molecule has 0 aromatic heterocycles. The molecule has 0 fully saturated rings. The topological polar surface area (TPSA) is 207 Å². The molecule has 0 radical (unpaired) electrons. The van der Waals surface area contributed by atoms with E-state index in [9.17, 15) is 33.5 Å². The molecule has 15 heteroatoms. The zero-order chi connectivity index (χ0) is 25.5. The van der Waals surface area contributed by atoms with Crippen molar-refractivity contribution in [2.75, 3.05) is 19.8 Å². The van der Waals surface area contributed by atoms with Crippen LogP contribution in [0, 0.1) is 0 Å². The molecule has 1 aliphatic rings. The molecule has 7 N–H and O–H groups in total. The van der Waals surface area contributed by atoms with Crippen LogP contribution in [0.2, 0.25) is 0 Å². The molecular formula is C19H30FN5O9. The van der Waals surface area contributed by atoms with E-state index < -0.39 is 55.7 Å². The maximum Gasteiger partial charge on any atom is 0.408 e. The van der Waals surface area contributed by atoms with Crippen molar-refractivity contribution in [3.05, 3.63) is 11.9 Å². The van der Waals surface area contributed by atoms with Crippen molar-refractivity contribution in [3.8, 4) is 0 Å². The second kappa shape index (κ2) is 15.3. The van der Waals surface area contributed by atoms with E-state index >= 15 is 0 Å². The van der Waals surface area contributed by atoms with Crippen LogP contribution >= 0.6 is 0 Å². The van der Waals surface area contributed by atoms with Crippen molar-refractivity contribution >= 4 is 29.9 Å². The highest BCUT2D eigenvalue weighted by Gasteiger charge is 2.26. The number of nitrogens with zero attached hydrogens (tertiary/aromatic N) is 1. The quantitative estimate of drug-likeness (QED) is 0.131. The SMILES string of the molecule is O=C(O)CC[C@H](OC(=O)N[C@@H](CCCCNC(=O)CCC1=CN(CCF)NN1)C(=O)O)C(=O)O. The van der Waals surface area contributed by atoms with Crippen LogP contribution in [0.25, 0.3) is 0 Å². The molecule has 0 aromatic carbocycles. The van der Waals surface area contributed by atoms with Crippen LogP contribution in [0.4, 0.5) is 9.18 Å². The summed E-state index contributed by atoms with van der Waals surface area (Å²) in [6, 6.07) is -1.35. The summed E-state index contributed by atoms with van der Waals surface area (Å²) < 4.78 is 16.9. The number of alkyl carbamates (subject to hydrolysis) is 1. The molecule has 0 spiro atoms. The summed E-state index contributed by atoms with van der Waals surface area (Å²) in [4.78, 5) is 56.7. The molecular weight excluding hydrogens is 461 g/mol. The fraction of sp³-hybridized carbons (Fsp3) is 0.632. The number of rotatable bonds is 17. The summed E-state index contributed by atoms with van der Waals surface area (Å²) in [5.74, 6) is -4.39. The predicted octanol–water partition coefficient (Wildman–Crippen LogP) is -0.314. The highest BCUT2D eigenvalue weighted by atomic mass is 19.1. The minimum absolute atomic E-state index is 0.0000489. The number of hydrogen-bond donors (Lipinski definition) is 7. The highest BCUT2D eigenvalue weighted by Crippen LogP contribution is 2.08. The highest BCUT2D eigenvalue weighted by molar-refractivity contribution is 5.82. The number of unbranched alkanes of at least 4 members (excludes halogenated alkanes) is 1. The minimum Gasteiger partial charge on any atom is -0.481 e. The standard InChI is InChI=1S/C19H30FN5O9/c20-8-10-25-11-12(23-24-25)4-6-15(26)21-9-2-1-3-13(17(29)30)22-19(33)34-14(18(31)32)5-7-16(27)28/h11,13-14,23-24H,1-10H2,(H,21,26)(H,22,33)(H,27,28)(H,29,30)(H,31,32)/t13-,14-/m0/s1. The van der Waals surface area contributed by atoms with Gasteiger partial charge in [0.25, 0.3) is 0 Å². The van der Waals surface area contributed by atoms with Crippen molar-refractivity contribution in [2.24, 2.45) is 0 Å². The van der Waals surface area contributed by atoms with E-state index in [0.29, 0.717) is 19.3 Å². The van der Waals surface area contributed by atoms with Gasteiger partial charge in [-0.1, -0.05) is 0 Å². The Hall–Kier alpha value is -3.62. The van der Waals surface area contributed by atoms with Crippen LogP contribution < -0.4 is 21.6 Å². The van der Waals surface area contributed by atoms with E-state index in [2.05, 4.69) is 21.0 Å². The number of carbonyl (C=O) groups is 5. The summed E-state index contributed by atoms with van der Waals surface area (Å²) in [6.07, 6.45) is -0.979. The summed E-state index contributed by atoms with van der Waals surface area (Å²) in [7, 11) is 0. The largest absolute Gasteiger partial charge is 0.481 e. The third-order valence-electron chi connectivity index (χ3n) is 4.60. The normalized spacial score (nSPS) is 14.4. The molecule has 2 atom stereocenters. The average Bonchev–Trinajstić information content (AvgIpc) is 3.21. The number of hydrazine groups is 2. The van der Waals surface area contributed by atoms with Gasteiger partial charge in [0.1, 0.15) is 12.7 Å². The number of nitrogens with one attached hydrogen (secondary N) is 4. The van der Waals surface area contributed by atoms with Crippen molar-refractivity contribution in [3.63, 3.8) is 0 Å². The Morgan fingerprint density at radius 2 is 1.79 bits per heavy atom. The van der Waals surface area contributed by atoms with Crippen LogP contribution in [0.5, 0.6) is 0 Å². The number of carbonyl (C=O) groups excluding carboxylic acids is 2. The third-order valence-corrected chi connectivity index (χ3v) is 4.60. The Labute approximate surface area is 194 Å². The molecule has 34 heavy (non-hydrogen) atoms. The van der Waals surface area contributed by atoms with E-state index in [0.717, 1.165) is 5.70 Å². The molecule has 0 unspecified atom stereocenters. The first-order chi connectivity index (χ1) is 16.1. The first-order valence-corrected chi connectivity index (χ1v) is 10.6. The molecule has 1 heterocycles. The summed E-state index contributed by atoms with van der Waals surface area (Å²) in [5, 5.41) is 33.1. The van der Waals surface area contributed by atoms with Crippen LogP contribution in [0.15, 0.2) is 11.9 Å². The number of hydrogen-bond acceptors (Lipinski definition) is 9. The number of ether oxygens (including phenoxy) is 1. The maximum atomic E-state index is 12.3. The zero-order valence-electron chi connectivity index (χ0n) is 18.4. The lowest BCUT2D eigenvalue weighted by molar-refractivity contribution is -0.148. The number of alkyl halides is 1. The zero-order valence-corrected chi connectivity index (χ0v) is 18.4. The third kappa shape index (κ3) is 11.8. The lowest BCUT2D eigenvalue weighted by Crippen LogP contribution is -2.43. The summed E-state index contributed by atoms with van der Waals surface area (Å²) in [6.45, 7) is -0.0594. The Kier molecular flexibility index (Phi) is 12.8. The summed E-state index contributed by atoms with van der Waals surface area (Å²) in [5.41, 5.74) is 6.29. The van der Waals surface area contributed by atoms with Gasteiger partial charge >= 0.3 is 24.0 Å². The molecule has 192 valence electrons. The van der Waals surface area contributed by atoms with Crippen molar-refractivity contribution in [1.29, 1.82) is 0 Å². The van der Waals surface area contributed by atoms with E-state index in [1.165, 1.54) is 5.01 Å². The van der Waals surface area contributed by atoms with Crippen LogP contribution in [0.3, 0.4) is 0 Å². The van der Waals surface area contributed by atoms with E-state index in [-0.39, 0.29) is 31.8 Å². The fourth-order valence-corrected chi connectivity index (χ4v) is 2.82. The van der Waals surface area contributed by atoms with Crippen LogP contribution in [-0.4, -0.2) is 82.1 Å². The van der Waals surface area contributed by atoms with Gasteiger partial charge in [-0.15, -0.1) is 5.53 Å². The number of carboxylic acids is 3. The molecule has 1 rings (SSSR count). The van der Waals surface area contributed by atoms with E-state index in [1.807, 2.05) is 5.32 Å². The van der Waals surface area contributed by atoms with Gasteiger partial charge in [-0.2, -0.15) is 0 Å². The Morgan fingerprint density at radius 1 is 1.06 bits per heavy atom. The lowest BCUT2D eigenvalue weighted by Gasteiger charge is -2.17. The Morgan fingerprint density at radius 3 is 2.41 bits per heavy atom. The van der Waals surface area contributed by atoms with Gasteiger partial charge in [0.2, 0.25) is 12.0 Å². The van der Waals surface area contributed by atoms with E-state index in [4.69, 9.17) is 10.2 Å². The number of aliphatic carboxylic acids is 3. The second-order valence-electron chi connectivity index (χ2n) is 7.32. The molecule has 0 aromatic rings. The molecule has 2 amide bonds. The second-order valence-corrected chi connectivity index (χ2v) is 7.32. The van der Waals surface area contributed by atoms with E-state index in [1.54, 1.807) is 6.20 Å². The number of allylic oxidation sites excluding steroid dienone is 1. The Balaban J connectivity index is 2.29. The maximum absolute atomic E-state index is 12.3. The van der Waals surface area contributed by atoms with Crippen molar-refractivity contribution < 1.29 is 48.4 Å². The first-order valence-electron chi connectivity index (χ1n) is 10.6. The first kappa shape index (κ1) is 28.4. The van der Waals surface area contributed by atoms with Gasteiger partial charge in [0, 0.05) is 37.7 Å². The fourth-order valence-electron chi connectivity index (χ4n) is 2.82. The van der Waals surface area contributed by atoms with Gasteiger partial charge in [-0.3, -0.25) is 14.6 Å². The predicted molar refractivity (Wildman–Crippen MR) is 112 cm³/mol. The molecule has 0 saturated carbocycles. The van der Waals surface area contributed by atoms with Crippen molar-refractivity contribution in [2.45, 2.75) is 57.1 Å². The van der Waals surface area contributed by atoms with Gasteiger partial charge in [0.05, 0.1) is 6.54 Å². The monoisotopic (exact) mass is 491 g/mol. The molecule has 0 aliphatic carbocycles. The van der Waals surface area contributed by atoms with Gasteiger partial charge in [-0.25, -0.2) is 18.8 Å². The van der Waals surface area contributed by atoms with Crippen molar-refractivity contribution in [1.82, 2.24) is 26.6 Å². The Bertz CT molecular complexity index is 764. The van der Waals surface area contributed by atoms with Gasteiger partial charge < -0.3 is 36.1 Å². The average molecular weight is 491 g/mol. The number of carboxylic acid groups (broad SMARTS) is 3. The van der Waals surface area contributed by atoms with Gasteiger partial charge in [-0.05, 0) is 25.7 Å². The smallest absolute Gasteiger partial charge is 0.408 e. The minimum atomic E-state index is -1.72. The molecule has 1 aliphatic heterocycles.